The second-order valence-electron chi connectivity index (χ2n) is 18.9. The molecule has 5 unspecified atom stereocenters. The number of sulfonamides is 1. The van der Waals surface area contributed by atoms with Crippen molar-refractivity contribution in [1.82, 2.24) is 25.2 Å². The highest BCUT2D eigenvalue weighted by Gasteiger charge is 2.64. The second kappa shape index (κ2) is 16.4. The van der Waals surface area contributed by atoms with Gasteiger partial charge in [-0.2, -0.15) is 13.2 Å². The van der Waals surface area contributed by atoms with Crippen molar-refractivity contribution in [2.75, 3.05) is 19.8 Å². The Morgan fingerprint density at radius 3 is 2.48 bits per heavy atom. The number of aryl methyl sites for hydroxylation is 1. The van der Waals surface area contributed by atoms with Crippen LogP contribution >= 0.6 is 0 Å². The molecule has 4 fully saturated rings. The minimum absolute atomic E-state index is 0.0422. The van der Waals surface area contributed by atoms with Crippen LogP contribution in [0.5, 0.6) is 11.5 Å². The maximum Gasteiger partial charge on any atom is 0.437 e. The number of carbonyl (C=O) groups excluding carboxylic acids is 4. The number of hydrogen-bond acceptors (Lipinski definition) is 12. The topological polar surface area (TPSA) is 218 Å². The Morgan fingerprint density at radius 1 is 1.03 bits per heavy atom. The van der Waals surface area contributed by atoms with Crippen LogP contribution in [0.3, 0.4) is 0 Å². The number of hydrogen-bond donors (Lipinski definition) is 4. The monoisotopic (exact) mass is 904 g/mol. The van der Waals surface area contributed by atoms with Crippen molar-refractivity contribution in [3.05, 3.63) is 41.6 Å². The van der Waals surface area contributed by atoms with Crippen LogP contribution in [0.2, 0.25) is 0 Å². The Labute approximate surface area is 363 Å². The molecule has 4 amide bonds. The Bertz CT molecular complexity index is 2310. The van der Waals surface area contributed by atoms with E-state index in [9.17, 15) is 40.8 Å². The van der Waals surface area contributed by atoms with E-state index in [-0.39, 0.29) is 68.7 Å². The smallest absolute Gasteiger partial charge is 0.437 e. The first-order valence-corrected chi connectivity index (χ1v) is 23.2. The second-order valence-corrected chi connectivity index (χ2v) is 20.9. The number of aromatic nitrogens is 1. The molecule has 5 atom stereocenters. The van der Waals surface area contributed by atoms with Gasteiger partial charge < -0.3 is 40.2 Å². The molecule has 8 rings (SSSR count). The Morgan fingerprint density at radius 2 is 1.78 bits per heavy atom. The number of nitrogens with zero attached hydrogens (tertiary/aromatic N) is 2. The summed E-state index contributed by atoms with van der Waals surface area (Å²) in [5.74, 6) is -3.21. The van der Waals surface area contributed by atoms with Gasteiger partial charge in [0.15, 0.2) is 11.4 Å². The van der Waals surface area contributed by atoms with Crippen molar-refractivity contribution in [1.29, 1.82) is 0 Å². The maximum absolute atomic E-state index is 15.0. The first-order valence-electron chi connectivity index (χ1n) is 21.7. The third-order valence-corrected chi connectivity index (χ3v) is 14.8. The van der Waals surface area contributed by atoms with E-state index >= 15 is 0 Å². The lowest BCUT2D eigenvalue weighted by molar-refractivity contribution is -0.144. The number of rotatable bonds is 6. The van der Waals surface area contributed by atoms with E-state index in [2.05, 4.69) is 20.3 Å². The molecule has 344 valence electrons. The molecule has 1 spiro atoms. The molecular formula is C43H55F3N6O10S. The number of fused-ring (bicyclic) bond motifs is 5. The van der Waals surface area contributed by atoms with Crippen molar-refractivity contribution in [2.24, 2.45) is 11.7 Å². The van der Waals surface area contributed by atoms with Gasteiger partial charge in [0.05, 0.1) is 25.3 Å². The third kappa shape index (κ3) is 9.30. The summed E-state index contributed by atoms with van der Waals surface area (Å²) in [6, 6.07) is 2.08. The minimum Gasteiger partial charge on any atom is -0.490 e. The summed E-state index contributed by atoms with van der Waals surface area (Å²) >= 11 is 0. The quantitative estimate of drug-likeness (QED) is 0.291. The van der Waals surface area contributed by atoms with Gasteiger partial charge in [-0.3, -0.25) is 14.4 Å². The zero-order chi connectivity index (χ0) is 45.2. The summed E-state index contributed by atoms with van der Waals surface area (Å²) < 4.78 is 96.8. The van der Waals surface area contributed by atoms with Gasteiger partial charge in [-0.15, -0.1) is 0 Å². The molecule has 16 nitrogen and oxygen atoms in total. The van der Waals surface area contributed by atoms with Crippen molar-refractivity contribution in [3.63, 3.8) is 0 Å². The number of alkyl halides is 3. The van der Waals surface area contributed by atoms with Crippen molar-refractivity contribution >= 4 is 44.7 Å². The van der Waals surface area contributed by atoms with Crippen LogP contribution in [-0.4, -0.2) is 102 Å². The fourth-order valence-electron chi connectivity index (χ4n) is 9.14. The van der Waals surface area contributed by atoms with E-state index < -0.39 is 91.1 Å². The highest BCUT2D eigenvalue weighted by molar-refractivity contribution is 7.91. The van der Waals surface area contributed by atoms with E-state index in [1.165, 1.54) is 11.0 Å². The van der Waals surface area contributed by atoms with E-state index in [0.29, 0.717) is 62.9 Å². The van der Waals surface area contributed by atoms with Crippen molar-refractivity contribution in [3.8, 4) is 11.5 Å². The number of amides is 4. The molecule has 2 saturated carbocycles. The summed E-state index contributed by atoms with van der Waals surface area (Å²) in [4.78, 5) is 60.3. The number of carbonyl (C=O) groups is 4. The average molecular weight is 905 g/mol. The van der Waals surface area contributed by atoms with E-state index in [1.807, 2.05) is 6.08 Å². The van der Waals surface area contributed by atoms with Gasteiger partial charge in [0.1, 0.15) is 45.5 Å². The predicted molar refractivity (Wildman–Crippen MR) is 221 cm³/mol. The number of halogens is 3. The summed E-state index contributed by atoms with van der Waals surface area (Å²) in [5.41, 5.74) is 0.848. The number of nitrogens with one attached hydrogen (secondary N) is 3. The standard InChI is InChI=1S/C43H55F3N6O10S/c1-39(2,3)62-38(56)49-31-10-8-6-4-5-7-9-25-22-42(25,37(55)51-63(57,58)41(47)17-18-41)50-35(53)32-23-40(24-52(32)36(31)54)16-13-28-29-21-27(60-26-14-19-59-20-15-26)11-12-30(29)48-34(33(28)61-40)43(44,45)46/h7,9,11-12,21,25-26,31-32H,4-6,8,10,13-20,22-24,47H2,1-3H3,(H,49,56)(H,50,53)(H,51,55). The van der Waals surface area contributed by atoms with Crippen molar-refractivity contribution in [2.45, 2.75) is 150 Å². The molecule has 2 aromatic rings. The molecule has 5 N–H and O–H groups in total. The van der Waals surface area contributed by atoms with E-state index in [1.54, 1.807) is 39.0 Å². The van der Waals surface area contributed by atoms with Gasteiger partial charge in [-0.1, -0.05) is 25.0 Å². The number of benzene rings is 1. The van der Waals surface area contributed by atoms with Gasteiger partial charge in [-0.25, -0.2) is 22.9 Å². The average Bonchev–Trinajstić information content (AvgIpc) is 4.10. The highest BCUT2D eigenvalue weighted by atomic mass is 32.2. The van der Waals surface area contributed by atoms with E-state index in [4.69, 9.17) is 24.7 Å². The van der Waals surface area contributed by atoms with Crippen LogP contribution < -0.4 is 30.6 Å². The Hall–Kier alpha value is -4.69. The lowest BCUT2D eigenvalue weighted by Crippen LogP contribution is -2.59. The largest absolute Gasteiger partial charge is 0.490 e. The zero-order valence-electron chi connectivity index (χ0n) is 35.6. The van der Waals surface area contributed by atoms with Gasteiger partial charge in [0.2, 0.25) is 11.8 Å². The number of pyridine rings is 1. The molecule has 4 aliphatic heterocycles. The Kier molecular flexibility index (Phi) is 11.7. The lowest BCUT2D eigenvalue weighted by Gasteiger charge is -2.37. The fourth-order valence-corrected chi connectivity index (χ4v) is 10.4. The van der Waals surface area contributed by atoms with Gasteiger partial charge in [0, 0.05) is 36.1 Å². The molecule has 0 bridgehead atoms. The van der Waals surface area contributed by atoms with Crippen molar-refractivity contribution < 1.29 is 59.7 Å². The van der Waals surface area contributed by atoms with Crippen LogP contribution in [0.1, 0.15) is 109 Å². The van der Waals surface area contributed by atoms with Crippen LogP contribution in [0, 0.1) is 5.92 Å². The zero-order valence-corrected chi connectivity index (χ0v) is 36.4. The number of alkyl carbamates (subject to hydrolysis) is 1. The number of allylic oxidation sites excluding steroid dienone is 1. The lowest BCUT2D eigenvalue weighted by atomic mass is 9.87. The molecule has 2 saturated heterocycles. The maximum atomic E-state index is 15.0. The molecule has 0 radical (unpaired) electrons. The SMILES string of the molecule is CC(C)(C)OC(=O)NC1CCCCCC=CC2CC2(C(=O)NS(=O)(=O)C2(N)CC2)NC(=O)C2CC3(CCc4c(c(C(F)(F)F)nc5ccc(OC6CCOCC6)cc45)O3)CN2C1=O. The first kappa shape index (κ1) is 44.9. The number of ether oxygens (including phenoxy) is 4. The normalized spacial score (nSPS) is 28.9. The van der Waals surface area contributed by atoms with Crippen LogP contribution in [0.15, 0.2) is 30.4 Å². The summed E-state index contributed by atoms with van der Waals surface area (Å²) in [6.07, 6.45) is 1.67. The molecule has 6 aliphatic rings. The predicted octanol–water partition coefficient (Wildman–Crippen LogP) is 4.66. The van der Waals surface area contributed by atoms with Gasteiger partial charge in [-0.05, 0) is 90.3 Å². The van der Waals surface area contributed by atoms with Crippen LogP contribution in [0.4, 0.5) is 18.0 Å². The summed E-state index contributed by atoms with van der Waals surface area (Å²) in [7, 11) is -4.33. The summed E-state index contributed by atoms with van der Waals surface area (Å²) in [5, 5.41) is 5.84. The fraction of sp³-hybridized carbons (Fsp3) is 0.651. The van der Waals surface area contributed by atoms with Gasteiger partial charge >= 0.3 is 12.3 Å². The Balaban J connectivity index is 1.15. The van der Waals surface area contributed by atoms with Crippen LogP contribution in [0.25, 0.3) is 10.9 Å². The minimum atomic E-state index is -4.95. The molecule has 20 heteroatoms. The highest BCUT2D eigenvalue weighted by Crippen LogP contribution is 2.50. The number of nitrogens with two attached hydrogens (primary N) is 1. The van der Waals surface area contributed by atoms with Gasteiger partial charge in [0.25, 0.3) is 15.9 Å². The molecule has 63 heavy (non-hydrogen) atoms. The molecular weight excluding hydrogens is 850 g/mol. The molecule has 1 aromatic heterocycles. The van der Waals surface area contributed by atoms with Crippen LogP contribution in [-0.2, 0) is 46.5 Å². The summed E-state index contributed by atoms with van der Waals surface area (Å²) in [6.45, 7) is 5.68. The molecule has 1 aromatic carbocycles. The third-order valence-electron chi connectivity index (χ3n) is 12.9. The van der Waals surface area contributed by atoms with E-state index in [0.717, 1.165) is 0 Å². The first-order chi connectivity index (χ1) is 29.6. The molecule has 5 heterocycles. The molecule has 2 aliphatic carbocycles.